The fourth-order valence-electron chi connectivity index (χ4n) is 2.93. The molecule has 1 aliphatic rings. The lowest BCUT2D eigenvalue weighted by Crippen LogP contribution is -2.86. The van der Waals surface area contributed by atoms with Crippen LogP contribution in [-0.2, 0) is 9.53 Å². The van der Waals surface area contributed by atoms with Crippen LogP contribution in [0.5, 0.6) is 0 Å². The van der Waals surface area contributed by atoms with Crippen LogP contribution in [0.15, 0.2) is 30.3 Å². The van der Waals surface area contributed by atoms with Crippen LogP contribution in [0.2, 0.25) is 0 Å². The number of carbonyl (C=O) groups is 1. The fraction of sp³-hybridized carbons (Fsp3) is 0.588. The van der Waals surface area contributed by atoms with E-state index in [1.165, 1.54) is 0 Å². The molecule has 2 N–H and O–H groups in total. The smallest absolute Gasteiger partial charge is 0.313 e. The zero-order chi connectivity index (χ0) is 14.6. The Hall–Kier alpha value is -1.35. The van der Waals surface area contributed by atoms with E-state index in [0.717, 1.165) is 31.5 Å². The van der Waals surface area contributed by atoms with Gasteiger partial charge in [-0.25, -0.2) is 0 Å². The Labute approximate surface area is 121 Å². The molecule has 20 heavy (non-hydrogen) atoms. The van der Waals surface area contributed by atoms with Crippen molar-refractivity contribution in [2.75, 3.05) is 13.1 Å². The van der Waals surface area contributed by atoms with E-state index in [4.69, 9.17) is 4.74 Å². The van der Waals surface area contributed by atoms with Gasteiger partial charge in [0.05, 0.1) is 19.0 Å². The van der Waals surface area contributed by atoms with Crippen molar-refractivity contribution in [2.24, 2.45) is 5.92 Å². The third-order valence-electron chi connectivity index (χ3n) is 4.44. The van der Waals surface area contributed by atoms with Crippen molar-refractivity contribution in [3.63, 3.8) is 0 Å². The van der Waals surface area contributed by atoms with E-state index in [2.05, 4.69) is 19.2 Å². The number of benzene rings is 1. The molecule has 1 unspecified atom stereocenters. The average molecular weight is 276 g/mol. The van der Waals surface area contributed by atoms with E-state index in [-0.39, 0.29) is 17.5 Å². The van der Waals surface area contributed by atoms with Crippen LogP contribution in [0.25, 0.3) is 0 Å². The highest BCUT2D eigenvalue weighted by atomic mass is 16.6. The molecule has 1 heterocycles. The Morgan fingerprint density at radius 3 is 2.45 bits per heavy atom. The fourth-order valence-corrected chi connectivity index (χ4v) is 2.93. The van der Waals surface area contributed by atoms with Crippen LogP contribution in [0.4, 0.5) is 0 Å². The van der Waals surface area contributed by atoms with Gasteiger partial charge in [0.2, 0.25) is 0 Å². The molecule has 3 heteroatoms. The highest BCUT2D eigenvalue weighted by Gasteiger charge is 2.36. The molecule has 1 saturated heterocycles. The predicted molar refractivity (Wildman–Crippen MR) is 79.4 cm³/mol. The van der Waals surface area contributed by atoms with Crippen LogP contribution >= 0.6 is 0 Å². The van der Waals surface area contributed by atoms with E-state index in [0.29, 0.717) is 5.92 Å². The Morgan fingerprint density at radius 1 is 1.25 bits per heavy atom. The second-order valence-electron chi connectivity index (χ2n) is 6.30. The molecule has 0 amide bonds. The van der Waals surface area contributed by atoms with Crippen molar-refractivity contribution in [1.29, 1.82) is 0 Å². The monoisotopic (exact) mass is 276 g/mol. The molecule has 0 bridgehead atoms. The van der Waals surface area contributed by atoms with Gasteiger partial charge in [-0.1, -0.05) is 30.3 Å². The number of quaternary nitrogens is 1. The summed E-state index contributed by atoms with van der Waals surface area (Å²) >= 11 is 0. The van der Waals surface area contributed by atoms with E-state index in [1.807, 2.05) is 37.3 Å². The molecule has 1 aliphatic heterocycles. The second-order valence-corrected chi connectivity index (χ2v) is 6.30. The van der Waals surface area contributed by atoms with Gasteiger partial charge in [-0.3, -0.25) is 4.79 Å². The predicted octanol–water partition coefficient (Wildman–Crippen LogP) is 2.09. The van der Waals surface area contributed by atoms with E-state index >= 15 is 0 Å². The van der Waals surface area contributed by atoms with Crippen LogP contribution in [0.3, 0.4) is 0 Å². The van der Waals surface area contributed by atoms with Crippen LogP contribution < -0.4 is 5.32 Å². The second kappa shape index (κ2) is 6.40. The van der Waals surface area contributed by atoms with Crippen molar-refractivity contribution >= 4 is 5.97 Å². The molecule has 1 atom stereocenters. The minimum atomic E-state index is -0.367. The van der Waals surface area contributed by atoms with Crippen molar-refractivity contribution in [1.82, 2.24) is 0 Å². The number of esters is 1. The van der Waals surface area contributed by atoms with Crippen LogP contribution in [-0.4, -0.2) is 24.7 Å². The number of hydrogen-bond acceptors (Lipinski definition) is 2. The van der Waals surface area contributed by atoms with E-state index in [1.54, 1.807) is 0 Å². The molecule has 1 aromatic rings. The Bertz CT molecular complexity index is 436. The number of ether oxygens (including phenoxy) is 1. The van der Waals surface area contributed by atoms with Crippen molar-refractivity contribution in [3.05, 3.63) is 35.9 Å². The quantitative estimate of drug-likeness (QED) is 0.856. The van der Waals surface area contributed by atoms with Gasteiger partial charge in [-0.15, -0.1) is 0 Å². The summed E-state index contributed by atoms with van der Waals surface area (Å²) in [5.74, 6) is 0.154. The maximum Gasteiger partial charge on any atom is 0.313 e. The molecule has 110 valence electrons. The van der Waals surface area contributed by atoms with Gasteiger partial charge >= 0.3 is 5.97 Å². The minimum Gasteiger partial charge on any atom is -0.459 e. The summed E-state index contributed by atoms with van der Waals surface area (Å²) in [7, 11) is 0. The summed E-state index contributed by atoms with van der Waals surface area (Å²) in [6.45, 7) is 8.30. The zero-order valence-corrected chi connectivity index (χ0v) is 12.8. The molecule has 1 aromatic carbocycles. The molecular formula is C17H26NO2+. The molecule has 0 radical (unpaired) electrons. The van der Waals surface area contributed by atoms with Crippen molar-refractivity contribution < 1.29 is 14.8 Å². The maximum atomic E-state index is 12.4. The summed E-state index contributed by atoms with van der Waals surface area (Å²) in [5, 5.41) is 2.33. The molecule has 3 nitrogen and oxygen atoms in total. The number of nitrogens with two attached hydrogens (primary N) is 1. The first-order valence-corrected chi connectivity index (χ1v) is 7.60. The highest BCUT2D eigenvalue weighted by molar-refractivity contribution is 5.78. The molecule has 1 fully saturated rings. The molecule has 0 spiro atoms. The first-order chi connectivity index (χ1) is 9.50. The van der Waals surface area contributed by atoms with Crippen molar-refractivity contribution in [3.8, 4) is 0 Å². The van der Waals surface area contributed by atoms with Gasteiger partial charge in [0.25, 0.3) is 0 Å². The molecular weight excluding hydrogens is 250 g/mol. The summed E-state index contributed by atoms with van der Waals surface area (Å²) < 4.78 is 5.84. The van der Waals surface area contributed by atoms with Gasteiger partial charge in [0, 0.05) is 18.8 Å². The molecule has 0 aliphatic carbocycles. The lowest BCUT2D eigenvalue weighted by atomic mass is 9.83. The van der Waals surface area contributed by atoms with Gasteiger partial charge in [0.1, 0.15) is 5.60 Å². The Morgan fingerprint density at radius 2 is 1.85 bits per heavy atom. The Balaban J connectivity index is 1.99. The summed E-state index contributed by atoms with van der Waals surface area (Å²) in [6.07, 6.45) is 2.25. The third kappa shape index (κ3) is 3.60. The van der Waals surface area contributed by atoms with Gasteiger partial charge < -0.3 is 10.1 Å². The van der Waals surface area contributed by atoms with Crippen LogP contribution in [0, 0.1) is 5.92 Å². The maximum absolute atomic E-state index is 12.4. The summed E-state index contributed by atoms with van der Waals surface area (Å²) in [5.41, 5.74) is 0.652. The number of piperidine rings is 1. The first-order valence-electron chi connectivity index (χ1n) is 7.60. The summed E-state index contributed by atoms with van der Waals surface area (Å²) in [4.78, 5) is 12.4. The average Bonchev–Trinajstić information content (AvgIpc) is 2.48. The number of carbonyl (C=O) groups excluding carboxylic acids is 1. The zero-order valence-electron chi connectivity index (χ0n) is 12.8. The lowest BCUT2D eigenvalue weighted by Gasteiger charge is -2.36. The van der Waals surface area contributed by atoms with Crippen molar-refractivity contribution in [2.45, 2.75) is 45.1 Å². The topological polar surface area (TPSA) is 42.9 Å². The van der Waals surface area contributed by atoms with E-state index < -0.39 is 0 Å². The molecule has 2 rings (SSSR count). The van der Waals surface area contributed by atoms with Gasteiger partial charge in [-0.05, 0) is 26.3 Å². The van der Waals surface area contributed by atoms with E-state index in [9.17, 15) is 4.79 Å². The number of rotatable bonds is 4. The third-order valence-corrected chi connectivity index (χ3v) is 4.44. The normalized spacial score (nSPS) is 18.6. The highest BCUT2D eigenvalue weighted by Crippen LogP contribution is 2.30. The minimum absolute atomic E-state index is 0.115. The number of hydrogen-bond donors (Lipinski definition) is 1. The summed E-state index contributed by atoms with van der Waals surface area (Å²) in [6, 6.07) is 9.84. The molecule has 0 saturated carbocycles. The lowest BCUT2D eigenvalue weighted by molar-refractivity contribution is -0.665. The standard InChI is InChI=1S/C17H25NO2/c1-13(14-7-5-4-6-8-14)16(19)20-17(2,3)15-9-11-18-12-10-15/h4-8,13,15,18H,9-12H2,1-3H3/p+1. The largest absolute Gasteiger partial charge is 0.459 e. The van der Waals surface area contributed by atoms with Gasteiger partial charge in [-0.2, -0.15) is 0 Å². The first kappa shape index (κ1) is 15.0. The van der Waals surface area contributed by atoms with Crippen LogP contribution in [0.1, 0.15) is 45.1 Å². The Kier molecular flexibility index (Phi) is 4.81. The molecule has 0 aromatic heterocycles. The SMILES string of the molecule is CC(C(=O)OC(C)(C)C1CC[NH2+]CC1)c1ccccc1. The van der Waals surface area contributed by atoms with Gasteiger partial charge in [0.15, 0.2) is 0 Å².